The fourth-order valence-electron chi connectivity index (χ4n) is 4.06. The average molecular weight is 401 g/mol. The van der Waals surface area contributed by atoms with Crippen LogP contribution in [0.25, 0.3) is 21.6 Å². The van der Waals surface area contributed by atoms with Gasteiger partial charge in [-0.2, -0.15) is 0 Å². The Hall–Kier alpha value is -2.79. The van der Waals surface area contributed by atoms with Crippen molar-refractivity contribution in [3.63, 3.8) is 0 Å². The minimum Gasteiger partial charge on any atom is -0.369 e. The first kappa shape index (κ1) is 18.3. The summed E-state index contributed by atoms with van der Waals surface area (Å²) in [6.45, 7) is 0.904. The molecule has 1 N–H and O–H groups in total. The molecule has 0 saturated heterocycles. The average Bonchev–Trinajstić information content (AvgIpc) is 3.16. The van der Waals surface area contributed by atoms with E-state index in [4.69, 9.17) is 9.97 Å². The van der Waals surface area contributed by atoms with Gasteiger partial charge in [0.2, 0.25) is 0 Å². The number of hydrogen-bond donors (Lipinski definition) is 1. The van der Waals surface area contributed by atoms with Gasteiger partial charge < -0.3 is 5.32 Å². The SMILES string of the molecule is c1ccc(CCCNc2nc(-c3ccncc3)nc3sc4c(c23)CCCC4)cc1. The van der Waals surface area contributed by atoms with Crippen molar-refractivity contribution >= 4 is 27.4 Å². The Balaban J connectivity index is 1.45. The third-order valence-corrected chi connectivity index (χ3v) is 6.72. The van der Waals surface area contributed by atoms with Crippen LogP contribution in [-0.2, 0) is 19.3 Å². The summed E-state index contributed by atoms with van der Waals surface area (Å²) in [5.41, 5.74) is 3.87. The first-order valence-electron chi connectivity index (χ1n) is 10.4. The number of thiophene rings is 1. The molecule has 4 aromatic rings. The predicted octanol–water partition coefficient (Wildman–Crippen LogP) is 5.68. The number of pyridine rings is 1. The lowest BCUT2D eigenvalue weighted by molar-refractivity contribution is 0.700. The van der Waals surface area contributed by atoms with Crippen molar-refractivity contribution in [2.24, 2.45) is 0 Å². The normalized spacial score (nSPS) is 13.4. The van der Waals surface area contributed by atoms with Crippen LogP contribution < -0.4 is 5.32 Å². The van der Waals surface area contributed by atoms with Crippen LogP contribution in [0.15, 0.2) is 54.9 Å². The van der Waals surface area contributed by atoms with Crippen LogP contribution in [0.3, 0.4) is 0 Å². The molecule has 0 amide bonds. The number of rotatable bonds is 6. The standard InChI is InChI=1S/C24H24N4S/c1-2-7-17(8-3-1)9-6-14-26-23-21-19-10-4-5-11-20(19)29-24(21)28-22(27-23)18-12-15-25-16-13-18/h1-3,7-8,12-13,15-16H,4-6,9-11,14H2,(H,26,27,28). The summed E-state index contributed by atoms with van der Waals surface area (Å²) >= 11 is 1.85. The lowest BCUT2D eigenvalue weighted by Gasteiger charge is -2.13. The first-order valence-corrected chi connectivity index (χ1v) is 11.2. The highest BCUT2D eigenvalue weighted by Gasteiger charge is 2.21. The molecule has 0 atom stereocenters. The maximum absolute atomic E-state index is 4.95. The van der Waals surface area contributed by atoms with Crippen LogP contribution in [0.5, 0.6) is 0 Å². The minimum absolute atomic E-state index is 0.782. The third kappa shape index (κ3) is 3.87. The Kier molecular flexibility index (Phi) is 5.22. The van der Waals surface area contributed by atoms with Crippen LogP contribution in [-0.4, -0.2) is 21.5 Å². The van der Waals surface area contributed by atoms with Gasteiger partial charge in [-0.1, -0.05) is 30.3 Å². The Morgan fingerprint density at radius 1 is 0.931 bits per heavy atom. The van der Waals surface area contributed by atoms with E-state index in [9.17, 15) is 0 Å². The van der Waals surface area contributed by atoms with E-state index in [1.165, 1.54) is 40.7 Å². The van der Waals surface area contributed by atoms with Crippen LogP contribution in [0, 0.1) is 0 Å². The molecule has 3 heterocycles. The van der Waals surface area contributed by atoms with Crippen molar-refractivity contribution in [1.82, 2.24) is 15.0 Å². The van der Waals surface area contributed by atoms with Crippen LogP contribution in [0.2, 0.25) is 0 Å². The monoisotopic (exact) mass is 400 g/mol. The van der Waals surface area contributed by atoms with Crippen molar-refractivity contribution in [2.75, 3.05) is 11.9 Å². The number of benzene rings is 1. The summed E-state index contributed by atoms with van der Waals surface area (Å²) in [7, 11) is 0. The lowest BCUT2D eigenvalue weighted by atomic mass is 9.97. The number of nitrogens with one attached hydrogen (secondary N) is 1. The predicted molar refractivity (Wildman–Crippen MR) is 121 cm³/mol. The van der Waals surface area contributed by atoms with Crippen molar-refractivity contribution < 1.29 is 0 Å². The second-order valence-corrected chi connectivity index (χ2v) is 8.62. The Bertz CT molecular complexity index is 1110. The number of nitrogens with zero attached hydrogens (tertiary/aromatic N) is 3. The van der Waals surface area contributed by atoms with E-state index in [0.717, 1.165) is 47.8 Å². The zero-order valence-electron chi connectivity index (χ0n) is 16.4. The second-order valence-electron chi connectivity index (χ2n) is 7.54. The zero-order valence-corrected chi connectivity index (χ0v) is 17.2. The molecule has 0 radical (unpaired) electrons. The van der Waals surface area contributed by atoms with Gasteiger partial charge in [-0.15, -0.1) is 11.3 Å². The molecule has 29 heavy (non-hydrogen) atoms. The van der Waals surface area contributed by atoms with E-state index < -0.39 is 0 Å². The quantitative estimate of drug-likeness (QED) is 0.423. The van der Waals surface area contributed by atoms with E-state index >= 15 is 0 Å². The number of hydrogen-bond acceptors (Lipinski definition) is 5. The topological polar surface area (TPSA) is 50.7 Å². The van der Waals surface area contributed by atoms with E-state index in [-0.39, 0.29) is 0 Å². The van der Waals surface area contributed by atoms with Crippen molar-refractivity contribution in [1.29, 1.82) is 0 Å². The van der Waals surface area contributed by atoms with Gasteiger partial charge in [0.15, 0.2) is 5.82 Å². The molecule has 0 unspecified atom stereocenters. The third-order valence-electron chi connectivity index (χ3n) is 5.53. The molecule has 5 heteroatoms. The fraction of sp³-hybridized carbons (Fsp3) is 0.292. The molecule has 5 rings (SSSR count). The van der Waals surface area contributed by atoms with Gasteiger partial charge in [-0.25, -0.2) is 9.97 Å². The number of aromatic nitrogens is 3. The van der Waals surface area contributed by atoms with Crippen molar-refractivity contribution in [3.05, 3.63) is 70.9 Å². The van der Waals surface area contributed by atoms with E-state index in [1.807, 2.05) is 23.5 Å². The van der Waals surface area contributed by atoms with Gasteiger partial charge in [-0.3, -0.25) is 4.98 Å². The van der Waals surface area contributed by atoms with Crippen LogP contribution in [0.1, 0.15) is 35.3 Å². The Morgan fingerprint density at radius 2 is 1.76 bits per heavy atom. The molecule has 0 saturated carbocycles. The smallest absolute Gasteiger partial charge is 0.163 e. The highest BCUT2D eigenvalue weighted by Crippen LogP contribution is 2.39. The summed E-state index contributed by atoms with van der Waals surface area (Å²) in [6, 6.07) is 14.6. The number of anilines is 1. The van der Waals surface area contributed by atoms with Gasteiger partial charge in [0.25, 0.3) is 0 Å². The fourth-order valence-corrected chi connectivity index (χ4v) is 5.32. The van der Waals surface area contributed by atoms with Crippen LogP contribution >= 0.6 is 11.3 Å². The summed E-state index contributed by atoms with van der Waals surface area (Å²) in [4.78, 5) is 16.6. The molecule has 0 aliphatic heterocycles. The summed E-state index contributed by atoms with van der Waals surface area (Å²) in [5, 5.41) is 4.90. The van der Waals surface area contributed by atoms with Gasteiger partial charge in [0.1, 0.15) is 10.6 Å². The first-order chi connectivity index (χ1) is 14.4. The molecular formula is C24H24N4S. The summed E-state index contributed by atoms with van der Waals surface area (Å²) in [6.07, 6.45) is 10.6. The van der Waals surface area contributed by atoms with Crippen molar-refractivity contribution in [3.8, 4) is 11.4 Å². The van der Waals surface area contributed by atoms with Gasteiger partial charge in [0, 0.05) is 29.4 Å². The Labute approximate surface area is 175 Å². The molecule has 1 aliphatic carbocycles. The second kappa shape index (κ2) is 8.29. The molecular weight excluding hydrogens is 376 g/mol. The van der Waals surface area contributed by atoms with Gasteiger partial charge in [-0.05, 0) is 61.8 Å². The van der Waals surface area contributed by atoms with E-state index in [0.29, 0.717) is 0 Å². The maximum Gasteiger partial charge on any atom is 0.163 e. The molecule has 0 fully saturated rings. The molecule has 0 bridgehead atoms. The zero-order chi connectivity index (χ0) is 19.5. The number of aryl methyl sites for hydroxylation is 3. The highest BCUT2D eigenvalue weighted by atomic mass is 32.1. The van der Waals surface area contributed by atoms with E-state index in [1.54, 1.807) is 12.4 Å². The molecule has 1 aromatic carbocycles. The van der Waals surface area contributed by atoms with Crippen LogP contribution in [0.4, 0.5) is 5.82 Å². The van der Waals surface area contributed by atoms with Gasteiger partial charge in [0.05, 0.1) is 5.39 Å². The molecule has 146 valence electrons. The molecule has 4 nitrogen and oxygen atoms in total. The highest BCUT2D eigenvalue weighted by molar-refractivity contribution is 7.19. The lowest BCUT2D eigenvalue weighted by Crippen LogP contribution is -2.07. The molecule has 3 aromatic heterocycles. The molecule has 0 spiro atoms. The summed E-state index contributed by atoms with van der Waals surface area (Å²) < 4.78 is 0. The maximum atomic E-state index is 4.95. The van der Waals surface area contributed by atoms with Gasteiger partial charge >= 0.3 is 0 Å². The molecule has 1 aliphatic rings. The Morgan fingerprint density at radius 3 is 2.62 bits per heavy atom. The van der Waals surface area contributed by atoms with E-state index in [2.05, 4.69) is 40.6 Å². The van der Waals surface area contributed by atoms with Crippen molar-refractivity contribution in [2.45, 2.75) is 38.5 Å². The summed E-state index contributed by atoms with van der Waals surface area (Å²) in [5.74, 6) is 1.78. The largest absolute Gasteiger partial charge is 0.369 e. The minimum atomic E-state index is 0.782. The number of fused-ring (bicyclic) bond motifs is 3.